The molecular formula is C15H33N3. The highest BCUT2D eigenvalue weighted by molar-refractivity contribution is 5.81. The van der Waals surface area contributed by atoms with Crippen LogP contribution in [0.25, 0.3) is 0 Å². The number of unbranched alkanes of at least 4 members (excludes halogenated alkanes) is 8. The summed E-state index contributed by atoms with van der Waals surface area (Å²) < 4.78 is 0. The monoisotopic (exact) mass is 255 g/mol. The van der Waals surface area contributed by atoms with Crippen molar-refractivity contribution in [2.75, 3.05) is 6.54 Å². The van der Waals surface area contributed by atoms with Crippen molar-refractivity contribution >= 4 is 5.84 Å². The van der Waals surface area contributed by atoms with Gasteiger partial charge in [-0.05, 0) is 12.8 Å². The number of hydrazine groups is 1. The van der Waals surface area contributed by atoms with Gasteiger partial charge >= 0.3 is 0 Å². The second-order valence-electron chi connectivity index (χ2n) is 5.05. The average molecular weight is 255 g/mol. The van der Waals surface area contributed by atoms with Crippen molar-refractivity contribution in [2.45, 2.75) is 84.5 Å². The van der Waals surface area contributed by atoms with E-state index in [4.69, 9.17) is 5.84 Å². The van der Waals surface area contributed by atoms with Crippen LogP contribution in [0, 0.1) is 0 Å². The number of hydrogen-bond donors (Lipinski definition) is 2. The Morgan fingerprint density at radius 1 is 0.833 bits per heavy atom. The van der Waals surface area contributed by atoms with Crippen molar-refractivity contribution in [2.24, 2.45) is 10.8 Å². The molecule has 0 amide bonds. The summed E-state index contributed by atoms with van der Waals surface area (Å²) in [5, 5.41) is 0. The maximum atomic E-state index is 5.44. The van der Waals surface area contributed by atoms with Gasteiger partial charge in [0.1, 0.15) is 5.84 Å². The third-order valence-corrected chi connectivity index (χ3v) is 3.21. The van der Waals surface area contributed by atoms with Crippen LogP contribution in [0.1, 0.15) is 84.5 Å². The SMILES string of the molecule is CCCCCCCCCCCC(=NCCC)NN. The van der Waals surface area contributed by atoms with Crippen LogP contribution in [-0.4, -0.2) is 12.4 Å². The van der Waals surface area contributed by atoms with Gasteiger partial charge < -0.3 is 5.43 Å². The van der Waals surface area contributed by atoms with Crippen molar-refractivity contribution in [3.8, 4) is 0 Å². The quantitative estimate of drug-likeness (QED) is 0.181. The number of aliphatic imine (C=N–C) groups is 1. The van der Waals surface area contributed by atoms with Crippen LogP contribution in [0.3, 0.4) is 0 Å². The van der Waals surface area contributed by atoms with Crippen molar-refractivity contribution in [3.05, 3.63) is 0 Å². The van der Waals surface area contributed by atoms with E-state index in [9.17, 15) is 0 Å². The van der Waals surface area contributed by atoms with Gasteiger partial charge in [0, 0.05) is 13.0 Å². The van der Waals surface area contributed by atoms with E-state index in [-0.39, 0.29) is 0 Å². The van der Waals surface area contributed by atoms with Gasteiger partial charge in [0.05, 0.1) is 0 Å². The normalized spacial score (nSPS) is 11.8. The summed E-state index contributed by atoms with van der Waals surface area (Å²) in [5.74, 6) is 6.41. The van der Waals surface area contributed by atoms with Crippen LogP contribution < -0.4 is 11.3 Å². The van der Waals surface area contributed by atoms with E-state index in [1.165, 1.54) is 57.8 Å². The lowest BCUT2D eigenvalue weighted by Gasteiger charge is -2.05. The molecule has 108 valence electrons. The minimum atomic E-state index is 0.886. The molecule has 0 rings (SSSR count). The molecule has 0 aromatic heterocycles. The van der Waals surface area contributed by atoms with Gasteiger partial charge in [0.25, 0.3) is 0 Å². The van der Waals surface area contributed by atoms with Crippen molar-refractivity contribution < 1.29 is 0 Å². The summed E-state index contributed by atoms with van der Waals surface area (Å²) in [6.45, 7) is 5.29. The molecule has 0 aromatic rings. The summed E-state index contributed by atoms with van der Waals surface area (Å²) in [5.41, 5.74) is 2.71. The first-order chi connectivity index (χ1) is 8.85. The van der Waals surface area contributed by atoms with Gasteiger partial charge in [-0.15, -0.1) is 0 Å². The second-order valence-corrected chi connectivity index (χ2v) is 5.05. The topological polar surface area (TPSA) is 50.4 Å². The lowest BCUT2D eigenvalue weighted by atomic mass is 10.1. The molecule has 0 heterocycles. The molecule has 0 saturated heterocycles. The van der Waals surface area contributed by atoms with E-state index < -0.39 is 0 Å². The van der Waals surface area contributed by atoms with Crippen LogP contribution in [0.4, 0.5) is 0 Å². The first kappa shape index (κ1) is 17.4. The van der Waals surface area contributed by atoms with Gasteiger partial charge in [-0.25, -0.2) is 5.84 Å². The number of nitrogens with one attached hydrogen (secondary N) is 1. The van der Waals surface area contributed by atoms with Crippen molar-refractivity contribution in [1.82, 2.24) is 5.43 Å². The first-order valence-corrected chi connectivity index (χ1v) is 7.85. The van der Waals surface area contributed by atoms with Gasteiger partial charge in [0.15, 0.2) is 0 Å². The molecule has 3 heteroatoms. The van der Waals surface area contributed by atoms with E-state index in [1.54, 1.807) is 0 Å². The minimum absolute atomic E-state index is 0.886. The molecule has 0 aliphatic rings. The van der Waals surface area contributed by atoms with Crippen molar-refractivity contribution in [3.63, 3.8) is 0 Å². The van der Waals surface area contributed by atoms with E-state index >= 15 is 0 Å². The third-order valence-electron chi connectivity index (χ3n) is 3.21. The molecule has 3 nitrogen and oxygen atoms in total. The fourth-order valence-electron chi connectivity index (χ4n) is 2.05. The average Bonchev–Trinajstić information content (AvgIpc) is 2.40. The summed E-state index contributed by atoms with van der Waals surface area (Å²) in [6.07, 6.45) is 14.3. The molecule has 0 atom stereocenters. The Kier molecular flexibility index (Phi) is 14.0. The Hall–Kier alpha value is -0.570. The van der Waals surface area contributed by atoms with E-state index in [0.717, 1.165) is 25.2 Å². The van der Waals surface area contributed by atoms with E-state index in [0.29, 0.717) is 0 Å². The lowest BCUT2D eigenvalue weighted by Crippen LogP contribution is -2.30. The zero-order valence-electron chi connectivity index (χ0n) is 12.5. The Bertz CT molecular complexity index is 190. The Morgan fingerprint density at radius 3 is 1.89 bits per heavy atom. The highest BCUT2D eigenvalue weighted by Crippen LogP contribution is 2.10. The van der Waals surface area contributed by atoms with Gasteiger partial charge in [-0.3, -0.25) is 4.99 Å². The zero-order valence-corrected chi connectivity index (χ0v) is 12.5. The third kappa shape index (κ3) is 11.9. The molecular weight excluding hydrogens is 222 g/mol. The van der Waals surface area contributed by atoms with Crippen LogP contribution >= 0.6 is 0 Å². The summed E-state index contributed by atoms with van der Waals surface area (Å²) in [4.78, 5) is 4.41. The minimum Gasteiger partial charge on any atom is -0.312 e. The molecule has 0 bridgehead atoms. The van der Waals surface area contributed by atoms with Crippen LogP contribution in [0.5, 0.6) is 0 Å². The first-order valence-electron chi connectivity index (χ1n) is 7.85. The van der Waals surface area contributed by atoms with Gasteiger partial charge in [-0.2, -0.15) is 0 Å². The Balaban J connectivity index is 3.28. The molecule has 0 aromatic carbocycles. The molecule has 0 unspecified atom stereocenters. The fraction of sp³-hybridized carbons (Fsp3) is 0.933. The summed E-state index contributed by atoms with van der Waals surface area (Å²) >= 11 is 0. The number of amidine groups is 1. The second kappa shape index (κ2) is 14.5. The fourth-order valence-corrected chi connectivity index (χ4v) is 2.05. The number of rotatable bonds is 12. The largest absolute Gasteiger partial charge is 0.312 e. The standard InChI is InChI=1S/C15H33N3/c1-3-5-6-7-8-9-10-11-12-13-15(18-16)17-14-4-2/h3-14,16H2,1-2H3,(H,17,18). The Labute approximate surface area is 114 Å². The Morgan fingerprint density at radius 2 is 1.39 bits per heavy atom. The van der Waals surface area contributed by atoms with E-state index in [2.05, 4.69) is 24.3 Å². The molecule has 0 radical (unpaired) electrons. The number of nitrogens with zero attached hydrogens (tertiary/aromatic N) is 1. The molecule has 0 aliphatic carbocycles. The number of hydrogen-bond acceptors (Lipinski definition) is 2. The maximum absolute atomic E-state index is 5.44. The molecule has 3 N–H and O–H groups in total. The van der Waals surface area contributed by atoms with E-state index in [1.807, 2.05) is 0 Å². The summed E-state index contributed by atoms with van der Waals surface area (Å²) in [6, 6.07) is 0. The molecule has 0 spiro atoms. The van der Waals surface area contributed by atoms with Crippen molar-refractivity contribution in [1.29, 1.82) is 0 Å². The van der Waals surface area contributed by atoms with Crippen LogP contribution in [-0.2, 0) is 0 Å². The van der Waals surface area contributed by atoms with Gasteiger partial charge in [-0.1, -0.05) is 65.2 Å². The van der Waals surface area contributed by atoms with Gasteiger partial charge in [0.2, 0.25) is 0 Å². The smallest absolute Gasteiger partial charge is 0.110 e. The highest BCUT2D eigenvalue weighted by atomic mass is 15.2. The summed E-state index contributed by atoms with van der Waals surface area (Å²) in [7, 11) is 0. The van der Waals surface area contributed by atoms with Crippen LogP contribution in [0.2, 0.25) is 0 Å². The van der Waals surface area contributed by atoms with Crippen LogP contribution in [0.15, 0.2) is 4.99 Å². The number of nitrogens with two attached hydrogens (primary N) is 1. The highest BCUT2D eigenvalue weighted by Gasteiger charge is 1.97. The molecule has 0 aliphatic heterocycles. The lowest BCUT2D eigenvalue weighted by molar-refractivity contribution is 0.567. The molecule has 0 saturated carbocycles. The molecule has 0 fully saturated rings. The zero-order chi connectivity index (χ0) is 13.5. The maximum Gasteiger partial charge on any atom is 0.110 e. The predicted molar refractivity (Wildman–Crippen MR) is 81.8 cm³/mol. The predicted octanol–water partition coefficient (Wildman–Crippen LogP) is 4.18. The molecule has 18 heavy (non-hydrogen) atoms.